The molecule has 0 fully saturated rings. The predicted molar refractivity (Wildman–Crippen MR) is 111 cm³/mol. The van der Waals surface area contributed by atoms with Gasteiger partial charge in [0.25, 0.3) is 5.91 Å². The Hall–Kier alpha value is -3.39. The molecular formula is C23H16F3NO3S. The highest BCUT2D eigenvalue weighted by molar-refractivity contribution is 7.12. The number of anilines is 1. The molecule has 0 saturated heterocycles. The number of hydrogen-bond acceptors (Lipinski definition) is 4. The Bertz CT molecular complexity index is 1200. The van der Waals surface area contributed by atoms with Crippen LogP contribution in [0.1, 0.15) is 32.4 Å². The molecule has 1 amide bonds. The van der Waals surface area contributed by atoms with Gasteiger partial charge in [0.15, 0.2) is 5.76 Å². The van der Waals surface area contributed by atoms with E-state index in [1.807, 2.05) is 13.0 Å². The third-order valence-electron chi connectivity index (χ3n) is 5.01. The summed E-state index contributed by atoms with van der Waals surface area (Å²) in [6.45, 7) is 1.82. The molecule has 8 heteroatoms. The van der Waals surface area contributed by atoms with Gasteiger partial charge in [-0.1, -0.05) is 42.0 Å². The number of carbonyl (C=O) groups is 2. The fourth-order valence-corrected chi connectivity index (χ4v) is 4.31. The second-order valence-electron chi connectivity index (χ2n) is 7.11. The fraction of sp³-hybridized carbons (Fsp3) is 0.130. The number of aliphatic hydroxyl groups excluding tert-OH is 1. The lowest BCUT2D eigenvalue weighted by Crippen LogP contribution is -2.31. The molecule has 0 bridgehead atoms. The van der Waals surface area contributed by atoms with Gasteiger partial charge in [-0.3, -0.25) is 14.5 Å². The number of thiophene rings is 1. The fourth-order valence-electron chi connectivity index (χ4n) is 3.63. The predicted octanol–water partition coefficient (Wildman–Crippen LogP) is 5.86. The van der Waals surface area contributed by atoms with Crippen LogP contribution in [0.2, 0.25) is 0 Å². The second kappa shape index (κ2) is 7.70. The van der Waals surface area contributed by atoms with E-state index in [-0.39, 0.29) is 11.3 Å². The maximum Gasteiger partial charge on any atom is 0.416 e. The summed E-state index contributed by atoms with van der Waals surface area (Å²) in [7, 11) is 0. The Morgan fingerprint density at radius 3 is 2.45 bits per heavy atom. The van der Waals surface area contributed by atoms with Crippen LogP contribution in [0, 0.1) is 6.92 Å². The van der Waals surface area contributed by atoms with E-state index in [4.69, 9.17) is 0 Å². The van der Waals surface area contributed by atoms with Gasteiger partial charge in [0.2, 0.25) is 5.78 Å². The van der Waals surface area contributed by atoms with Gasteiger partial charge in [-0.05, 0) is 42.1 Å². The molecule has 2 aromatic carbocycles. The normalized spacial score (nSPS) is 16.8. The van der Waals surface area contributed by atoms with Crippen molar-refractivity contribution in [2.24, 2.45) is 0 Å². The molecule has 1 N–H and O–H groups in total. The van der Waals surface area contributed by atoms with E-state index < -0.39 is 35.2 Å². The zero-order valence-corrected chi connectivity index (χ0v) is 17.0. The molecule has 1 aromatic heterocycles. The van der Waals surface area contributed by atoms with Crippen LogP contribution in [0.4, 0.5) is 18.9 Å². The molecule has 1 aliphatic heterocycles. The van der Waals surface area contributed by atoms with Crippen LogP contribution in [0.25, 0.3) is 0 Å². The number of ketones is 1. The zero-order valence-electron chi connectivity index (χ0n) is 16.2. The van der Waals surface area contributed by atoms with Crippen LogP contribution in [-0.4, -0.2) is 16.8 Å². The van der Waals surface area contributed by atoms with E-state index >= 15 is 0 Å². The Kier molecular flexibility index (Phi) is 5.18. The van der Waals surface area contributed by atoms with Crippen molar-refractivity contribution in [1.29, 1.82) is 0 Å². The average molecular weight is 443 g/mol. The quantitative estimate of drug-likeness (QED) is 0.514. The van der Waals surface area contributed by atoms with Gasteiger partial charge in [0.1, 0.15) is 0 Å². The van der Waals surface area contributed by atoms with E-state index in [2.05, 4.69) is 0 Å². The van der Waals surface area contributed by atoms with Crippen LogP contribution < -0.4 is 4.90 Å². The summed E-state index contributed by atoms with van der Waals surface area (Å²) in [5, 5.41) is 12.3. The molecule has 4 nitrogen and oxygen atoms in total. The molecule has 1 unspecified atom stereocenters. The molecule has 4 rings (SSSR count). The molecule has 0 spiro atoms. The van der Waals surface area contributed by atoms with Crippen molar-refractivity contribution in [1.82, 2.24) is 0 Å². The van der Waals surface area contributed by atoms with Crippen molar-refractivity contribution >= 4 is 28.7 Å². The molecule has 1 aliphatic rings. The van der Waals surface area contributed by atoms with Gasteiger partial charge in [-0.15, -0.1) is 11.3 Å². The van der Waals surface area contributed by atoms with Crippen molar-refractivity contribution < 1.29 is 27.9 Å². The van der Waals surface area contributed by atoms with Crippen LogP contribution in [0.3, 0.4) is 0 Å². The molecule has 1 atom stereocenters. The van der Waals surface area contributed by atoms with Crippen molar-refractivity contribution in [3.05, 3.63) is 98.9 Å². The van der Waals surface area contributed by atoms with Gasteiger partial charge < -0.3 is 5.11 Å². The topological polar surface area (TPSA) is 57.6 Å². The summed E-state index contributed by atoms with van der Waals surface area (Å²) in [4.78, 5) is 27.5. The lowest BCUT2D eigenvalue weighted by Gasteiger charge is -2.27. The molecule has 31 heavy (non-hydrogen) atoms. The first kappa shape index (κ1) is 20.9. The minimum absolute atomic E-state index is 0.0631. The summed E-state index contributed by atoms with van der Waals surface area (Å²) >= 11 is 1.15. The van der Waals surface area contributed by atoms with Crippen LogP contribution >= 0.6 is 11.3 Å². The van der Waals surface area contributed by atoms with Crippen molar-refractivity contribution in [3.63, 3.8) is 0 Å². The maximum absolute atomic E-state index is 13.3. The number of Topliss-reactive ketones (excluding diaryl/α,β-unsaturated/α-hetero) is 1. The second-order valence-corrected chi connectivity index (χ2v) is 8.06. The molecular weight excluding hydrogens is 427 g/mol. The SMILES string of the molecule is Cc1cccc(C2C(C(=O)c3cccs3)=C(O)C(=O)N2c2cccc(C(F)(F)F)c2)c1. The summed E-state index contributed by atoms with van der Waals surface area (Å²) < 4.78 is 39.8. The number of alkyl halides is 3. The van der Waals surface area contributed by atoms with Gasteiger partial charge in [-0.25, -0.2) is 0 Å². The molecule has 158 valence electrons. The highest BCUT2D eigenvalue weighted by atomic mass is 32.1. The number of nitrogens with zero attached hydrogens (tertiary/aromatic N) is 1. The minimum atomic E-state index is -4.61. The van der Waals surface area contributed by atoms with Crippen molar-refractivity contribution in [2.75, 3.05) is 4.90 Å². The Balaban J connectivity index is 1.90. The van der Waals surface area contributed by atoms with E-state index in [0.29, 0.717) is 10.4 Å². The Morgan fingerprint density at radius 2 is 1.81 bits per heavy atom. The number of aliphatic hydroxyl groups is 1. The van der Waals surface area contributed by atoms with E-state index in [1.165, 1.54) is 12.1 Å². The van der Waals surface area contributed by atoms with E-state index in [0.717, 1.165) is 33.9 Å². The highest BCUT2D eigenvalue weighted by Crippen LogP contribution is 2.43. The zero-order chi connectivity index (χ0) is 22.3. The van der Waals surface area contributed by atoms with Gasteiger partial charge >= 0.3 is 6.18 Å². The van der Waals surface area contributed by atoms with E-state index in [9.17, 15) is 27.9 Å². The first-order valence-electron chi connectivity index (χ1n) is 9.27. The summed E-state index contributed by atoms with van der Waals surface area (Å²) in [6.07, 6.45) is -4.61. The van der Waals surface area contributed by atoms with Crippen molar-refractivity contribution in [3.8, 4) is 0 Å². The van der Waals surface area contributed by atoms with Crippen LogP contribution in [0.5, 0.6) is 0 Å². The van der Waals surface area contributed by atoms with Crippen LogP contribution in [-0.2, 0) is 11.0 Å². The molecule has 0 aliphatic carbocycles. The Morgan fingerprint density at radius 1 is 1.06 bits per heavy atom. The smallest absolute Gasteiger partial charge is 0.416 e. The molecule has 0 saturated carbocycles. The largest absolute Gasteiger partial charge is 0.503 e. The Labute approximate surface area is 179 Å². The lowest BCUT2D eigenvalue weighted by atomic mass is 9.94. The number of carbonyl (C=O) groups excluding carboxylic acids is 2. The summed E-state index contributed by atoms with van der Waals surface area (Å²) in [6, 6.07) is 13.4. The lowest BCUT2D eigenvalue weighted by molar-refractivity contribution is -0.137. The number of amides is 1. The summed E-state index contributed by atoms with van der Waals surface area (Å²) in [5.41, 5.74) is 0.193. The first-order chi connectivity index (χ1) is 14.7. The molecule has 2 heterocycles. The van der Waals surface area contributed by atoms with Gasteiger partial charge in [0, 0.05) is 5.69 Å². The third kappa shape index (κ3) is 3.74. The van der Waals surface area contributed by atoms with Crippen molar-refractivity contribution in [2.45, 2.75) is 19.1 Å². The number of aryl methyl sites for hydroxylation is 1. The molecule has 0 radical (unpaired) electrons. The monoisotopic (exact) mass is 443 g/mol. The number of rotatable bonds is 4. The van der Waals surface area contributed by atoms with E-state index in [1.54, 1.807) is 35.7 Å². The maximum atomic E-state index is 13.3. The minimum Gasteiger partial charge on any atom is -0.503 e. The van der Waals surface area contributed by atoms with Gasteiger partial charge in [-0.2, -0.15) is 13.2 Å². The number of benzene rings is 2. The first-order valence-corrected chi connectivity index (χ1v) is 10.1. The number of hydrogen-bond donors (Lipinski definition) is 1. The summed E-state index contributed by atoms with van der Waals surface area (Å²) in [5.74, 6) is -2.23. The van der Waals surface area contributed by atoms with Crippen LogP contribution in [0.15, 0.2) is 77.4 Å². The molecule has 3 aromatic rings. The van der Waals surface area contributed by atoms with Gasteiger partial charge in [0.05, 0.1) is 22.1 Å². The average Bonchev–Trinajstić information content (AvgIpc) is 3.35. The third-order valence-corrected chi connectivity index (χ3v) is 5.88. The highest BCUT2D eigenvalue weighted by Gasteiger charge is 2.45. The standard InChI is InChI=1S/C23H16F3NO3S/c1-13-5-2-6-14(11-13)19-18(20(28)17-9-4-10-31-17)21(29)22(30)27(19)16-8-3-7-15(12-16)23(24,25)26/h2-12,19,29H,1H3. The number of halogens is 3.